The van der Waals surface area contributed by atoms with Crippen molar-refractivity contribution in [2.45, 2.75) is 19.5 Å². The van der Waals surface area contributed by atoms with Gasteiger partial charge in [0, 0.05) is 6.54 Å². The van der Waals surface area contributed by atoms with E-state index in [0.29, 0.717) is 23.0 Å². The molecule has 0 spiro atoms. The zero-order valence-corrected chi connectivity index (χ0v) is 15.0. The van der Waals surface area contributed by atoms with Gasteiger partial charge < -0.3 is 24.9 Å². The van der Waals surface area contributed by atoms with Crippen LogP contribution in [0.15, 0.2) is 51.9 Å². The zero-order chi connectivity index (χ0) is 19.7. The summed E-state index contributed by atoms with van der Waals surface area (Å²) >= 11 is 0. The number of benzene rings is 1. The average Bonchev–Trinajstić information content (AvgIpc) is 3.39. The van der Waals surface area contributed by atoms with Crippen LogP contribution in [0.3, 0.4) is 0 Å². The van der Waals surface area contributed by atoms with Gasteiger partial charge in [-0.15, -0.1) is 0 Å². The molecular formula is C19H18N4O5. The van der Waals surface area contributed by atoms with Crippen molar-refractivity contribution in [1.82, 2.24) is 15.1 Å². The highest BCUT2D eigenvalue weighted by atomic mass is 16.7. The number of rotatable bonds is 5. The predicted octanol–water partition coefficient (Wildman–Crippen LogP) is 1.69. The summed E-state index contributed by atoms with van der Waals surface area (Å²) in [6.07, 6.45) is 1.49. The van der Waals surface area contributed by atoms with Gasteiger partial charge in [0.05, 0.1) is 6.26 Å². The Kier molecular flexibility index (Phi) is 4.48. The second-order valence-corrected chi connectivity index (χ2v) is 6.29. The first-order valence-electron chi connectivity index (χ1n) is 8.62. The lowest BCUT2D eigenvalue weighted by molar-refractivity contribution is -0.124. The maximum Gasteiger partial charge on any atom is 0.290 e. The lowest BCUT2D eigenvalue weighted by Crippen LogP contribution is -2.37. The molecule has 9 heteroatoms. The van der Waals surface area contributed by atoms with Crippen LogP contribution in [0.4, 0.5) is 5.69 Å². The molecule has 0 saturated carbocycles. The summed E-state index contributed by atoms with van der Waals surface area (Å²) in [5, 5.41) is 7.02. The Morgan fingerprint density at radius 3 is 2.89 bits per heavy atom. The third kappa shape index (κ3) is 3.29. The van der Waals surface area contributed by atoms with E-state index in [9.17, 15) is 9.59 Å². The van der Waals surface area contributed by atoms with Crippen LogP contribution in [0.5, 0.6) is 11.5 Å². The highest BCUT2D eigenvalue weighted by Gasteiger charge is 2.21. The van der Waals surface area contributed by atoms with Gasteiger partial charge in [-0.25, -0.2) is 4.68 Å². The minimum Gasteiger partial charge on any atom is -0.463 e. The lowest BCUT2D eigenvalue weighted by atomic mass is 10.2. The van der Waals surface area contributed by atoms with Gasteiger partial charge in [0.15, 0.2) is 17.3 Å². The number of fused-ring (bicyclic) bond motifs is 1. The third-order valence-electron chi connectivity index (χ3n) is 4.39. The summed E-state index contributed by atoms with van der Waals surface area (Å²) in [4.78, 5) is 25.0. The van der Waals surface area contributed by atoms with Crippen LogP contribution in [0.2, 0.25) is 0 Å². The zero-order valence-electron chi connectivity index (χ0n) is 15.0. The highest BCUT2D eigenvalue weighted by Crippen LogP contribution is 2.32. The van der Waals surface area contributed by atoms with E-state index in [4.69, 9.17) is 19.6 Å². The Labute approximate surface area is 159 Å². The van der Waals surface area contributed by atoms with E-state index in [1.54, 1.807) is 31.2 Å². The Hall–Kier alpha value is -3.75. The Morgan fingerprint density at radius 1 is 1.29 bits per heavy atom. The maximum absolute atomic E-state index is 12.6. The largest absolute Gasteiger partial charge is 0.463 e. The number of ether oxygens (including phenoxy) is 2. The van der Waals surface area contributed by atoms with Crippen molar-refractivity contribution in [3.8, 4) is 23.0 Å². The molecule has 1 aliphatic rings. The Balaban J connectivity index is 1.51. The molecule has 1 atom stereocenters. The first kappa shape index (κ1) is 17.7. The first-order chi connectivity index (χ1) is 13.5. The summed E-state index contributed by atoms with van der Waals surface area (Å²) < 4.78 is 16.9. The molecule has 0 aliphatic carbocycles. The van der Waals surface area contributed by atoms with Gasteiger partial charge >= 0.3 is 0 Å². The van der Waals surface area contributed by atoms with Crippen LogP contribution in [0, 0.1) is 0 Å². The molecule has 0 fully saturated rings. The van der Waals surface area contributed by atoms with E-state index in [1.807, 2.05) is 6.07 Å². The number of carbonyl (C=O) groups excluding carboxylic acids is 1. The third-order valence-corrected chi connectivity index (χ3v) is 4.39. The molecule has 9 nitrogen and oxygen atoms in total. The van der Waals surface area contributed by atoms with Crippen LogP contribution in [-0.4, -0.2) is 22.5 Å². The van der Waals surface area contributed by atoms with Crippen molar-refractivity contribution in [3.05, 3.63) is 58.6 Å². The molecule has 1 aliphatic heterocycles. The SMILES string of the molecule is C[C@@H](C(=O)NCc1ccc2c(c1)OCO2)n1nc(-c2ccco2)cc(N)c1=O. The summed E-state index contributed by atoms with van der Waals surface area (Å²) in [6, 6.07) is 9.37. The van der Waals surface area contributed by atoms with Crippen LogP contribution < -0.4 is 26.1 Å². The quantitative estimate of drug-likeness (QED) is 0.688. The van der Waals surface area contributed by atoms with Crippen molar-refractivity contribution >= 4 is 11.6 Å². The van der Waals surface area contributed by atoms with Crippen molar-refractivity contribution in [2.24, 2.45) is 0 Å². The molecule has 28 heavy (non-hydrogen) atoms. The monoisotopic (exact) mass is 382 g/mol. The van der Waals surface area contributed by atoms with Crippen LogP contribution in [0.25, 0.3) is 11.5 Å². The normalized spacial score (nSPS) is 13.3. The molecule has 3 heterocycles. The topological polar surface area (TPSA) is 122 Å². The molecule has 1 aromatic carbocycles. The Morgan fingerprint density at radius 2 is 2.11 bits per heavy atom. The fourth-order valence-corrected chi connectivity index (χ4v) is 2.84. The number of aromatic nitrogens is 2. The second-order valence-electron chi connectivity index (χ2n) is 6.29. The molecule has 2 aromatic heterocycles. The van der Waals surface area contributed by atoms with Gasteiger partial charge in [0.1, 0.15) is 17.4 Å². The number of hydrogen-bond donors (Lipinski definition) is 2. The average molecular weight is 382 g/mol. The minimum atomic E-state index is -0.862. The van der Waals surface area contributed by atoms with Gasteiger partial charge in [0.2, 0.25) is 12.7 Å². The van der Waals surface area contributed by atoms with Crippen LogP contribution in [-0.2, 0) is 11.3 Å². The number of nitrogen functional groups attached to an aromatic ring is 1. The number of hydrogen-bond acceptors (Lipinski definition) is 7. The number of anilines is 1. The summed E-state index contributed by atoms with van der Waals surface area (Å²) in [5.41, 5.74) is 6.47. The molecule has 3 N–H and O–H groups in total. The van der Waals surface area contributed by atoms with E-state index in [2.05, 4.69) is 10.4 Å². The highest BCUT2D eigenvalue weighted by molar-refractivity contribution is 5.80. The smallest absolute Gasteiger partial charge is 0.290 e. The van der Waals surface area contributed by atoms with Crippen molar-refractivity contribution in [1.29, 1.82) is 0 Å². The molecule has 1 amide bonds. The van der Waals surface area contributed by atoms with Gasteiger partial charge in [-0.1, -0.05) is 6.07 Å². The van der Waals surface area contributed by atoms with E-state index in [0.717, 1.165) is 10.2 Å². The van der Waals surface area contributed by atoms with E-state index < -0.39 is 11.6 Å². The van der Waals surface area contributed by atoms with Gasteiger partial charge in [-0.05, 0) is 42.8 Å². The van der Waals surface area contributed by atoms with Crippen molar-refractivity contribution in [2.75, 3.05) is 12.5 Å². The molecule has 3 aromatic rings. The van der Waals surface area contributed by atoms with Crippen LogP contribution >= 0.6 is 0 Å². The predicted molar refractivity (Wildman–Crippen MR) is 99.7 cm³/mol. The fourth-order valence-electron chi connectivity index (χ4n) is 2.84. The minimum absolute atomic E-state index is 0.0168. The fraction of sp³-hybridized carbons (Fsp3) is 0.211. The van der Waals surface area contributed by atoms with E-state index >= 15 is 0 Å². The molecule has 4 rings (SSSR count). The van der Waals surface area contributed by atoms with Crippen molar-refractivity contribution < 1.29 is 18.7 Å². The number of nitrogens with two attached hydrogens (primary N) is 1. The van der Waals surface area contributed by atoms with E-state index in [-0.39, 0.29) is 24.9 Å². The van der Waals surface area contributed by atoms with Gasteiger partial charge in [-0.3, -0.25) is 9.59 Å². The number of furan rings is 1. The summed E-state index contributed by atoms with van der Waals surface area (Å²) in [6.45, 7) is 2.03. The summed E-state index contributed by atoms with van der Waals surface area (Å²) in [7, 11) is 0. The molecule has 144 valence electrons. The summed E-state index contributed by atoms with van der Waals surface area (Å²) in [5.74, 6) is 1.39. The lowest BCUT2D eigenvalue weighted by Gasteiger charge is -2.15. The molecule has 0 saturated heterocycles. The number of nitrogens with one attached hydrogen (secondary N) is 1. The van der Waals surface area contributed by atoms with Crippen molar-refractivity contribution in [3.63, 3.8) is 0 Å². The van der Waals surface area contributed by atoms with Gasteiger partial charge in [0.25, 0.3) is 5.56 Å². The van der Waals surface area contributed by atoms with E-state index in [1.165, 1.54) is 12.3 Å². The van der Waals surface area contributed by atoms with Gasteiger partial charge in [-0.2, -0.15) is 5.10 Å². The number of amides is 1. The maximum atomic E-state index is 12.6. The molecular weight excluding hydrogens is 364 g/mol. The number of nitrogens with zero attached hydrogens (tertiary/aromatic N) is 2. The molecule has 0 unspecified atom stereocenters. The molecule has 0 radical (unpaired) electrons. The second kappa shape index (κ2) is 7.10. The standard InChI is InChI=1S/C19H18N4O5/c1-11(18(24)21-9-12-4-5-16-17(7-12)28-10-27-16)23-19(25)13(20)8-14(22-23)15-3-2-6-26-15/h2-8,11H,9-10,20H2,1H3,(H,21,24)/t11-/m0/s1. The molecule has 0 bridgehead atoms. The Bertz CT molecular complexity index is 1070. The van der Waals surface area contributed by atoms with Crippen LogP contribution in [0.1, 0.15) is 18.5 Å². The number of carbonyl (C=O) groups is 1. The first-order valence-corrected chi connectivity index (χ1v) is 8.62.